The summed E-state index contributed by atoms with van der Waals surface area (Å²) in [5.74, 6) is 0. The molecule has 27 heavy (non-hydrogen) atoms. The maximum atomic E-state index is 2.67. The molecule has 1 fully saturated rings. The van der Waals surface area contributed by atoms with E-state index in [2.05, 4.69) is 26.9 Å². The zero-order chi connectivity index (χ0) is 19.8. The van der Waals surface area contributed by atoms with Gasteiger partial charge in [-0.15, -0.1) is 0 Å². The second kappa shape index (κ2) is 15.1. The summed E-state index contributed by atoms with van der Waals surface area (Å²) in [4.78, 5) is 0. The molecule has 0 saturated carbocycles. The first-order chi connectivity index (χ1) is 13.0. The molecule has 1 heterocycles. The molecule has 1 rings (SSSR count). The van der Waals surface area contributed by atoms with Gasteiger partial charge in [0, 0.05) is 0 Å². The molecule has 0 N–H and O–H groups in total. The SMILES string of the molecule is CCCCCCCCCCCCCCCCCCC1(C)CCCC[Si]1(C)C. The van der Waals surface area contributed by atoms with Crippen LogP contribution >= 0.6 is 0 Å². The van der Waals surface area contributed by atoms with E-state index in [4.69, 9.17) is 0 Å². The second-order valence-corrected chi connectivity index (χ2v) is 16.2. The van der Waals surface area contributed by atoms with Gasteiger partial charge in [0.15, 0.2) is 0 Å². The minimum atomic E-state index is -0.953. The Morgan fingerprint density at radius 3 is 1.41 bits per heavy atom. The Hall–Kier alpha value is 0.217. The van der Waals surface area contributed by atoms with Gasteiger partial charge in [-0.25, -0.2) is 0 Å². The first kappa shape index (κ1) is 25.3. The monoisotopic (exact) mass is 394 g/mol. The van der Waals surface area contributed by atoms with Crippen molar-refractivity contribution in [2.24, 2.45) is 0 Å². The van der Waals surface area contributed by atoms with Crippen LogP contribution in [0.3, 0.4) is 0 Å². The second-order valence-electron chi connectivity index (χ2n) is 10.7. The summed E-state index contributed by atoms with van der Waals surface area (Å²) < 4.78 is 0. The molecule has 0 bridgehead atoms. The molecule has 1 unspecified atom stereocenters. The highest BCUT2D eigenvalue weighted by molar-refractivity contribution is 6.80. The third-order valence-electron chi connectivity index (χ3n) is 8.00. The fraction of sp³-hybridized carbons (Fsp3) is 1.00. The van der Waals surface area contributed by atoms with E-state index in [1.165, 1.54) is 128 Å². The smallest absolute Gasteiger partial charge is 0.0533 e. The lowest BCUT2D eigenvalue weighted by Gasteiger charge is -2.47. The Kier molecular flexibility index (Phi) is 14.1. The fourth-order valence-corrected chi connectivity index (χ4v) is 8.69. The number of unbranched alkanes of at least 4 members (excludes halogenated alkanes) is 15. The molecule has 1 atom stereocenters. The van der Waals surface area contributed by atoms with Gasteiger partial charge in [-0.05, 0) is 5.04 Å². The highest BCUT2D eigenvalue weighted by Crippen LogP contribution is 2.52. The van der Waals surface area contributed by atoms with E-state index in [1.54, 1.807) is 6.04 Å². The Morgan fingerprint density at radius 2 is 1.00 bits per heavy atom. The van der Waals surface area contributed by atoms with E-state index in [0.717, 1.165) is 5.04 Å². The summed E-state index contributed by atoms with van der Waals surface area (Å²) in [6.07, 6.45) is 29.8. The van der Waals surface area contributed by atoms with Crippen molar-refractivity contribution < 1.29 is 0 Å². The Morgan fingerprint density at radius 1 is 0.593 bits per heavy atom. The quantitative estimate of drug-likeness (QED) is 0.170. The lowest BCUT2D eigenvalue weighted by atomic mass is 9.95. The third-order valence-corrected chi connectivity index (χ3v) is 13.4. The molecule has 0 spiro atoms. The number of hydrogen-bond donors (Lipinski definition) is 0. The first-order valence-electron chi connectivity index (χ1n) is 13.0. The summed E-state index contributed by atoms with van der Waals surface area (Å²) in [5.41, 5.74) is 0. The molecule has 0 radical (unpaired) electrons. The third kappa shape index (κ3) is 11.1. The van der Waals surface area contributed by atoms with E-state index in [0.29, 0.717) is 0 Å². The van der Waals surface area contributed by atoms with Crippen LogP contribution in [-0.4, -0.2) is 8.07 Å². The average molecular weight is 395 g/mol. The first-order valence-corrected chi connectivity index (χ1v) is 16.2. The van der Waals surface area contributed by atoms with Crippen molar-refractivity contribution in [1.29, 1.82) is 0 Å². The molecule has 162 valence electrons. The van der Waals surface area contributed by atoms with E-state index >= 15 is 0 Å². The summed E-state index contributed by atoms with van der Waals surface area (Å²) in [6, 6.07) is 1.59. The largest absolute Gasteiger partial charge is 0.0690 e. The van der Waals surface area contributed by atoms with Crippen molar-refractivity contribution in [2.45, 2.75) is 166 Å². The number of rotatable bonds is 17. The number of hydrogen-bond acceptors (Lipinski definition) is 0. The molecule has 1 aliphatic heterocycles. The molecule has 0 aliphatic carbocycles. The van der Waals surface area contributed by atoms with Gasteiger partial charge < -0.3 is 0 Å². The van der Waals surface area contributed by atoms with Crippen LogP contribution < -0.4 is 0 Å². The molecule has 1 saturated heterocycles. The summed E-state index contributed by atoms with van der Waals surface area (Å²) in [7, 11) is -0.953. The van der Waals surface area contributed by atoms with Gasteiger partial charge in [-0.3, -0.25) is 0 Å². The van der Waals surface area contributed by atoms with Crippen LogP contribution in [0.1, 0.15) is 142 Å². The lowest BCUT2D eigenvalue weighted by molar-refractivity contribution is 0.420. The minimum absolute atomic E-state index is 0.751. The normalized spacial score (nSPS) is 22.2. The van der Waals surface area contributed by atoms with E-state index in [9.17, 15) is 0 Å². The van der Waals surface area contributed by atoms with Gasteiger partial charge >= 0.3 is 0 Å². The fourth-order valence-electron chi connectivity index (χ4n) is 5.25. The van der Waals surface area contributed by atoms with Crippen molar-refractivity contribution in [3.63, 3.8) is 0 Å². The van der Waals surface area contributed by atoms with Gasteiger partial charge in [0.2, 0.25) is 0 Å². The molecular weight excluding hydrogens is 340 g/mol. The average Bonchev–Trinajstić information content (AvgIpc) is 2.64. The summed E-state index contributed by atoms with van der Waals surface area (Å²) >= 11 is 0. The molecule has 0 aromatic carbocycles. The highest BCUT2D eigenvalue weighted by Gasteiger charge is 2.43. The van der Waals surface area contributed by atoms with Crippen molar-refractivity contribution in [3.05, 3.63) is 0 Å². The van der Waals surface area contributed by atoms with Crippen LogP contribution in [0.4, 0.5) is 0 Å². The topological polar surface area (TPSA) is 0 Å². The maximum Gasteiger partial charge on any atom is 0.0533 e. The molecule has 1 heteroatoms. The van der Waals surface area contributed by atoms with Crippen molar-refractivity contribution in [1.82, 2.24) is 0 Å². The van der Waals surface area contributed by atoms with Crippen LogP contribution in [-0.2, 0) is 0 Å². The molecule has 0 amide bonds. The van der Waals surface area contributed by atoms with Gasteiger partial charge in [-0.2, -0.15) is 0 Å². The highest BCUT2D eigenvalue weighted by atomic mass is 28.3. The maximum absolute atomic E-state index is 2.67. The standard InChI is InChI=1S/C26H54Si/c1-5-6-7-8-9-10-11-12-13-14-15-16-17-18-19-20-23-26(2)24-21-22-25-27(26,3)4/h5-25H2,1-4H3. The summed E-state index contributed by atoms with van der Waals surface area (Å²) in [5, 5.41) is 0.751. The Labute approximate surface area is 174 Å². The van der Waals surface area contributed by atoms with Crippen molar-refractivity contribution in [2.75, 3.05) is 0 Å². The lowest BCUT2D eigenvalue weighted by Crippen LogP contribution is -2.43. The molecular formula is C26H54Si. The van der Waals surface area contributed by atoms with Crippen LogP contribution in [0.2, 0.25) is 24.2 Å². The van der Waals surface area contributed by atoms with Gasteiger partial charge in [0.05, 0.1) is 8.07 Å². The van der Waals surface area contributed by atoms with Crippen molar-refractivity contribution in [3.8, 4) is 0 Å². The van der Waals surface area contributed by atoms with E-state index in [1.807, 2.05) is 0 Å². The van der Waals surface area contributed by atoms with Crippen molar-refractivity contribution >= 4 is 8.07 Å². The van der Waals surface area contributed by atoms with Crippen LogP contribution in [0.5, 0.6) is 0 Å². The van der Waals surface area contributed by atoms with Gasteiger partial charge in [0.25, 0.3) is 0 Å². The molecule has 0 aromatic heterocycles. The van der Waals surface area contributed by atoms with Crippen LogP contribution in [0.15, 0.2) is 0 Å². The molecule has 0 nitrogen and oxygen atoms in total. The van der Waals surface area contributed by atoms with Gasteiger partial charge in [0.1, 0.15) is 0 Å². The zero-order valence-electron chi connectivity index (χ0n) is 19.8. The summed E-state index contributed by atoms with van der Waals surface area (Å²) in [6.45, 7) is 10.3. The molecule has 1 aliphatic rings. The molecule has 0 aromatic rings. The Balaban J connectivity index is 1.83. The zero-order valence-corrected chi connectivity index (χ0v) is 20.8. The minimum Gasteiger partial charge on any atom is -0.0690 e. The Bertz CT molecular complexity index is 335. The predicted molar refractivity (Wildman–Crippen MR) is 129 cm³/mol. The van der Waals surface area contributed by atoms with E-state index < -0.39 is 8.07 Å². The van der Waals surface area contributed by atoms with Gasteiger partial charge in [-0.1, -0.05) is 161 Å². The van der Waals surface area contributed by atoms with E-state index in [-0.39, 0.29) is 0 Å². The predicted octanol–water partition coefficient (Wildman–Crippen LogP) is 10.3. The van der Waals surface area contributed by atoms with Crippen LogP contribution in [0.25, 0.3) is 0 Å². The van der Waals surface area contributed by atoms with Crippen LogP contribution in [0, 0.1) is 0 Å².